The number of hydrogen-bond acceptors (Lipinski definition) is 2. The van der Waals surface area contributed by atoms with E-state index < -0.39 is 11.7 Å². The molecule has 6 heteroatoms. The summed E-state index contributed by atoms with van der Waals surface area (Å²) in [4.78, 5) is 0.324. The van der Waals surface area contributed by atoms with Crippen molar-refractivity contribution in [2.24, 2.45) is 0 Å². The smallest absolute Gasteiger partial charge is 0.286 e. The fraction of sp³-hybridized carbons (Fsp3) is 0.238. The first-order chi connectivity index (χ1) is 12.8. The Bertz CT molecular complexity index is 889. The molecule has 1 heterocycles. The average molecular weight is 501 g/mol. The number of anilines is 1. The van der Waals surface area contributed by atoms with Crippen LogP contribution in [0.15, 0.2) is 71.3 Å². The highest BCUT2D eigenvalue weighted by Crippen LogP contribution is 2.43. The van der Waals surface area contributed by atoms with Crippen LogP contribution in [0.5, 0.6) is 0 Å². The molecule has 0 amide bonds. The summed E-state index contributed by atoms with van der Waals surface area (Å²) in [6.45, 7) is 3.98. The van der Waals surface area contributed by atoms with E-state index in [4.69, 9.17) is 0 Å². The highest BCUT2D eigenvalue weighted by molar-refractivity contribution is 14.1. The molecule has 1 aliphatic rings. The molecule has 27 heavy (non-hydrogen) atoms. The maximum atomic E-state index is 13.6. The number of rotatable bonds is 2. The van der Waals surface area contributed by atoms with Crippen molar-refractivity contribution < 1.29 is 13.2 Å². The average Bonchev–Trinajstić information content (AvgIpc) is 2.69. The second kappa shape index (κ2) is 8.31. The molecule has 0 N–H and O–H groups in total. The quantitative estimate of drug-likeness (QED) is 0.313. The van der Waals surface area contributed by atoms with Gasteiger partial charge >= 0.3 is 6.18 Å². The molecule has 1 unspecified atom stereocenters. The monoisotopic (exact) mass is 501 g/mol. The van der Waals surface area contributed by atoms with Gasteiger partial charge in [0, 0.05) is 15.8 Å². The number of fused-ring (bicyclic) bond motifs is 1. The van der Waals surface area contributed by atoms with Crippen molar-refractivity contribution in [2.45, 2.75) is 36.6 Å². The first-order valence-corrected chi connectivity index (χ1v) is 10.4. The van der Waals surface area contributed by atoms with E-state index in [-0.39, 0.29) is 5.25 Å². The van der Waals surface area contributed by atoms with Crippen molar-refractivity contribution >= 4 is 40.3 Å². The van der Waals surface area contributed by atoms with Crippen LogP contribution in [0.1, 0.15) is 23.6 Å². The summed E-state index contributed by atoms with van der Waals surface area (Å²) in [7, 11) is 0. The molecule has 3 rings (SSSR count). The van der Waals surface area contributed by atoms with Gasteiger partial charge in [-0.3, -0.25) is 3.11 Å². The summed E-state index contributed by atoms with van der Waals surface area (Å²) in [6, 6.07) is 12.4. The van der Waals surface area contributed by atoms with Crippen LogP contribution in [0.4, 0.5) is 18.9 Å². The molecule has 1 aliphatic heterocycles. The van der Waals surface area contributed by atoms with Gasteiger partial charge in [-0.15, -0.1) is 11.8 Å². The number of hydrogen-bond donors (Lipinski definition) is 0. The number of thioether (sulfide) groups is 1. The first-order valence-electron chi connectivity index (χ1n) is 8.53. The van der Waals surface area contributed by atoms with Crippen molar-refractivity contribution in [1.29, 1.82) is 0 Å². The predicted molar refractivity (Wildman–Crippen MR) is 115 cm³/mol. The predicted octanol–water partition coefficient (Wildman–Crippen LogP) is 7.35. The van der Waals surface area contributed by atoms with Gasteiger partial charge in [-0.2, -0.15) is 13.2 Å². The number of nitrogens with zero attached hydrogens (tertiary/aromatic N) is 1. The third kappa shape index (κ3) is 4.54. The maximum absolute atomic E-state index is 13.6. The van der Waals surface area contributed by atoms with E-state index in [1.807, 2.05) is 59.5 Å². The molecule has 0 saturated carbocycles. The second-order valence-corrected chi connectivity index (χ2v) is 8.66. The summed E-state index contributed by atoms with van der Waals surface area (Å²) < 4.78 is 42.7. The molecule has 2 aromatic rings. The van der Waals surface area contributed by atoms with E-state index in [0.717, 1.165) is 16.9 Å². The van der Waals surface area contributed by atoms with Gasteiger partial charge in [0.25, 0.3) is 0 Å². The Balaban J connectivity index is 2.02. The highest BCUT2D eigenvalue weighted by atomic mass is 127. The normalized spacial score (nSPS) is 20.5. The van der Waals surface area contributed by atoms with Crippen LogP contribution in [-0.2, 0) is 12.6 Å². The molecule has 142 valence electrons. The number of benzene rings is 2. The van der Waals surface area contributed by atoms with Crippen molar-refractivity contribution in [3.05, 3.63) is 83.1 Å². The van der Waals surface area contributed by atoms with Crippen LogP contribution < -0.4 is 3.11 Å². The number of aryl methyl sites for hydroxylation is 1. The van der Waals surface area contributed by atoms with Gasteiger partial charge < -0.3 is 0 Å². The molecule has 0 aliphatic carbocycles. The van der Waals surface area contributed by atoms with Crippen LogP contribution in [0.2, 0.25) is 0 Å². The van der Waals surface area contributed by atoms with E-state index in [0.29, 0.717) is 16.9 Å². The third-order valence-corrected chi connectivity index (χ3v) is 6.80. The van der Waals surface area contributed by atoms with E-state index in [9.17, 15) is 13.2 Å². The Morgan fingerprint density at radius 3 is 2.56 bits per heavy atom. The SMILES string of the molecule is Cc1ccccc1N(I)/C1=C/C=C\Cc2cccc(C(F)(F)F)c2SC1C. The zero-order valence-electron chi connectivity index (χ0n) is 14.9. The molecule has 1 nitrogen and oxygen atoms in total. The fourth-order valence-electron chi connectivity index (χ4n) is 2.99. The van der Waals surface area contributed by atoms with Crippen molar-refractivity contribution in [2.75, 3.05) is 3.11 Å². The Kier molecular flexibility index (Phi) is 6.25. The molecule has 1 atom stereocenters. The lowest BCUT2D eigenvalue weighted by Crippen LogP contribution is -2.19. The van der Waals surface area contributed by atoms with Crippen LogP contribution in [-0.4, -0.2) is 5.25 Å². The molecule has 0 saturated heterocycles. The van der Waals surface area contributed by atoms with Crippen LogP contribution in [0.3, 0.4) is 0 Å². The Morgan fingerprint density at radius 2 is 1.85 bits per heavy atom. The molecule has 0 spiro atoms. The Labute approximate surface area is 175 Å². The minimum atomic E-state index is -4.36. The van der Waals surface area contributed by atoms with Gasteiger partial charge in [-0.05, 0) is 49.6 Å². The second-order valence-electron chi connectivity index (χ2n) is 6.34. The van der Waals surface area contributed by atoms with Gasteiger partial charge in [0.2, 0.25) is 0 Å². The van der Waals surface area contributed by atoms with Gasteiger partial charge in [-0.25, -0.2) is 0 Å². The standard InChI is InChI=1S/C21H19F3INS/c1-14-8-3-5-12-18(14)26(25)19-13-6-4-9-16-10-7-11-17(21(22,23)24)20(16)27-15(19)2/h3-8,10-13,15H,9H2,1-2H3/b6-4-,19-13+. The largest absolute Gasteiger partial charge is 0.417 e. The summed E-state index contributed by atoms with van der Waals surface area (Å²) >= 11 is 3.51. The van der Waals surface area contributed by atoms with Crippen LogP contribution in [0, 0.1) is 6.92 Å². The topological polar surface area (TPSA) is 3.24 Å². The molecule has 0 bridgehead atoms. The number of halogens is 4. The number of alkyl halides is 3. The maximum Gasteiger partial charge on any atom is 0.417 e. The van der Waals surface area contributed by atoms with Crippen molar-refractivity contribution in [3.63, 3.8) is 0 Å². The zero-order valence-corrected chi connectivity index (χ0v) is 17.9. The molecular weight excluding hydrogens is 482 g/mol. The number of para-hydroxylation sites is 1. The molecule has 0 radical (unpaired) electrons. The van der Waals surface area contributed by atoms with Gasteiger partial charge in [0.05, 0.1) is 34.1 Å². The first kappa shape index (κ1) is 20.3. The lowest BCUT2D eigenvalue weighted by molar-refractivity contribution is -0.139. The van der Waals surface area contributed by atoms with Crippen LogP contribution in [0.25, 0.3) is 0 Å². The van der Waals surface area contributed by atoms with Crippen molar-refractivity contribution in [1.82, 2.24) is 0 Å². The fourth-order valence-corrected chi connectivity index (χ4v) is 5.57. The summed E-state index contributed by atoms with van der Waals surface area (Å²) in [5.74, 6) is 0. The van der Waals surface area contributed by atoms with Gasteiger partial charge in [0.15, 0.2) is 0 Å². The third-order valence-electron chi connectivity index (χ3n) is 4.41. The Morgan fingerprint density at radius 1 is 1.11 bits per heavy atom. The minimum Gasteiger partial charge on any atom is -0.286 e. The van der Waals surface area contributed by atoms with E-state index in [1.54, 1.807) is 6.07 Å². The van der Waals surface area contributed by atoms with Gasteiger partial charge in [0.1, 0.15) is 0 Å². The summed E-state index contributed by atoms with van der Waals surface area (Å²) in [5, 5.41) is -0.147. The molecule has 0 aromatic heterocycles. The zero-order chi connectivity index (χ0) is 19.6. The van der Waals surface area contributed by atoms with Crippen molar-refractivity contribution in [3.8, 4) is 0 Å². The molecule has 0 fully saturated rings. The Hall–Kier alpha value is -1.41. The molecule has 2 aromatic carbocycles. The van der Waals surface area contributed by atoms with E-state index >= 15 is 0 Å². The minimum absolute atomic E-state index is 0.147. The molecular formula is C21H19F3INS. The lowest BCUT2D eigenvalue weighted by Gasteiger charge is -2.27. The highest BCUT2D eigenvalue weighted by Gasteiger charge is 2.35. The summed E-state index contributed by atoms with van der Waals surface area (Å²) in [6.07, 6.45) is 1.97. The number of allylic oxidation sites excluding steroid dienone is 3. The van der Waals surface area contributed by atoms with E-state index in [1.165, 1.54) is 23.9 Å². The lowest BCUT2D eigenvalue weighted by atomic mass is 10.1. The van der Waals surface area contributed by atoms with Gasteiger partial charge in [-0.1, -0.05) is 42.5 Å². The van der Waals surface area contributed by atoms with E-state index in [2.05, 4.69) is 22.9 Å². The van der Waals surface area contributed by atoms with Crippen LogP contribution >= 0.6 is 34.6 Å². The summed E-state index contributed by atoms with van der Waals surface area (Å²) in [5.41, 5.74) is 3.26.